The standard InChI is InChI=1S/C54H37N/c1-3-13-38(14-4-1)42-23-25-43(26-24-42)50-32-49(39-15-5-2-6-16-39)34-52(35-50)55(51-30-29-41-18-8-10-20-45(41)33-51)54-37-47-22-12-11-21-46(47)36-53(54)48-28-27-40-17-7-9-19-44(40)31-48/h1-37H. The van der Waals surface area contributed by atoms with E-state index in [0.717, 1.165) is 22.6 Å². The smallest absolute Gasteiger partial charge is 0.0546 e. The van der Waals surface area contributed by atoms with E-state index in [1.807, 2.05) is 0 Å². The molecule has 0 saturated heterocycles. The van der Waals surface area contributed by atoms with E-state index < -0.39 is 0 Å². The van der Waals surface area contributed by atoms with Gasteiger partial charge in [0.15, 0.2) is 0 Å². The Bertz CT molecular complexity index is 2960. The minimum Gasteiger partial charge on any atom is -0.310 e. The number of hydrogen-bond acceptors (Lipinski definition) is 1. The summed E-state index contributed by atoms with van der Waals surface area (Å²) >= 11 is 0. The third-order valence-corrected chi connectivity index (χ3v) is 10.8. The van der Waals surface area contributed by atoms with Crippen LogP contribution >= 0.6 is 0 Å². The molecule has 0 amide bonds. The third-order valence-electron chi connectivity index (χ3n) is 10.8. The molecule has 0 N–H and O–H groups in total. The van der Waals surface area contributed by atoms with Gasteiger partial charge in [0.1, 0.15) is 0 Å². The summed E-state index contributed by atoms with van der Waals surface area (Å²) in [6.07, 6.45) is 0. The van der Waals surface area contributed by atoms with Gasteiger partial charge < -0.3 is 4.90 Å². The molecule has 0 heterocycles. The summed E-state index contributed by atoms with van der Waals surface area (Å²) in [5.41, 5.74) is 12.8. The van der Waals surface area contributed by atoms with Gasteiger partial charge in [0, 0.05) is 16.9 Å². The molecule has 0 bridgehead atoms. The minimum atomic E-state index is 1.09. The Morgan fingerprint density at radius 1 is 0.218 bits per heavy atom. The van der Waals surface area contributed by atoms with E-state index >= 15 is 0 Å². The molecule has 0 aliphatic carbocycles. The molecular weight excluding hydrogens is 663 g/mol. The summed E-state index contributed by atoms with van der Waals surface area (Å²) in [7, 11) is 0. The average Bonchev–Trinajstić information content (AvgIpc) is 3.26. The van der Waals surface area contributed by atoms with Crippen LogP contribution in [-0.4, -0.2) is 0 Å². The Labute approximate surface area is 322 Å². The van der Waals surface area contributed by atoms with Gasteiger partial charge in [-0.2, -0.15) is 0 Å². The maximum absolute atomic E-state index is 2.47. The van der Waals surface area contributed by atoms with E-state index in [1.54, 1.807) is 0 Å². The van der Waals surface area contributed by atoms with Gasteiger partial charge in [-0.1, -0.05) is 176 Å². The van der Waals surface area contributed by atoms with Gasteiger partial charge in [-0.05, 0) is 120 Å². The maximum atomic E-state index is 2.47. The summed E-state index contributed by atoms with van der Waals surface area (Å²) in [6.45, 7) is 0. The van der Waals surface area contributed by atoms with E-state index in [1.165, 1.54) is 71.3 Å². The molecule has 55 heavy (non-hydrogen) atoms. The van der Waals surface area contributed by atoms with Crippen LogP contribution < -0.4 is 4.90 Å². The molecule has 0 spiro atoms. The second-order valence-corrected chi connectivity index (χ2v) is 14.2. The molecule has 1 nitrogen and oxygen atoms in total. The lowest BCUT2D eigenvalue weighted by molar-refractivity contribution is 1.29. The number of benzene rings is 10. The summed E-state index contributed by atoms with van der Waals surface area (Å²) < 4.78 is 0. The SMILES string of the molecule is c1ccc(-c2ccc(-c3cc(-c4ccccc4)cc(N(c4ccc5ccccc5c4)c4cc5ccccc5cc4-c4ccc5ccccc5c4)c3)cc2)cc1. The van der Waals surface area contributed by atoms with Gasteiger partial charge >= 0.3 is 0 Å². The maximum Gasteiger partial charge on any atom is 0.0546 e. The zero-order valence-electron chi connectivity index (χ0n) is 30.3. The van der Waals surface area contributed by atoms with Crippen molar-refractivity contribution >= 4 is 49.4 Å². The molecule has 10 aromatic rings. The Kier molecular flexibility index (Phi) is 8.24. The summed E-state index contributed by atoms with van der Waals surface area (Å²) in [5, 5.41) is 7.29. The highest BCUT2D eigenvalue weighted by Gasteiger charge is 2.21. The molecule has 0 aliphatic heterocycles. The predicted octanol–water partition coefficient (Wildman–Crippen LogP) is 15.3. The van der Waals surface area contributed by atoms with Crippen molar-refractivity contribution in [3.8, 4) is 44.5 Å². The van der Waals surface area contributed by atoms with Crippen LogP contribution in [0.25, 0.3) is 76.8 Å². The molecule has 0 saturated carbocycles. The highest BCUT2D eigenvalue weighted by Crippen LogP contribution is 2.46. The van der Waals surface area contributed by atoms with Crippen molar-refractivity contribution in [1.82, 2.24) is 0 Å². The molecule has 1 heteroatoms. The molecule has 10 aromatic carbocycles. The van der Waals surface area contributed by atoms with E-state index in [0.29, 0.717) is 0 Å². The quantitative estimate of drug-likeness (QED) is 0.160. The molecule has 0 fully saturated rings. The molecule has 0 radical (unpaired) electrons. The zero-order valence-corrected chi connectivity index (χ0v) is 30.3. The lowest BCUT2D eigenvalue weighted by Gasteiger charge is -2.30. The summed E-state index contributed by atoms with van der Waals surface area (Å²) in [4.78, 5) is 2.47. The van der Waals surface area contributed by atoms with Gasteiger partial charge in [0.25, 0.3) is 0 Å². The second-order valence-electron chi connectivity index (χ2n) is 14.2. The monoisotopic (exact) mass is 699 g/mol. The minimum absolute atomic E-state index is 1.09. The molecule has 0 unspecified atom stereocenters. The highest BCUT2D eigenvalue weighted by atomic mass is 15.1. The summed E-state index contributed by atoms with van der Waals surface area (Å²) in [5.74, 6) is 0. The predicted molar refractivity (Wildman–Crippen MR) is 235 cm³/mol. The van der Waals surface area contributed by atoms with Crippen molar-refractivity contribution in [1.29, 1.82) is 0 Å². The number of nitrogens with zero attached hydrogens (tertiary/aromatic N) is 1. The number of fused-ring (bicyclic) bond motifs is 3. The largest absolute Gasteiger partial charge is 0.310 e. The first-order chi connectivity index (χ1) is 27.2. The second kappa shape index (κ2) is 14.0. The summed E-state index contributed by atoms with van der Waals surface area (Å²) in [6, 6.07) is 81.8. The lowest BCUT2D eigenvalue weighted by Crippen LogP contribution is -2.12. The van der Waals surface area contributed by atoms with Crippen LogP contribution in [0.3, 0.4) is 0 Å². The number of anilines is 3. The van der Waals surface area contributed by atoms with Crippen molar-refractivity contribution in [2.75, 3.05) is 4.90 Å². The first-order valence-corrected chi connectivity index (χ1v) is 18.9. The number of rotatable bonds is 7. The Hall–Kier alpha value is -7.22. The average molecular weight is 700 g/mol. The van der Waals surface area contributed by atoms with Gasteiger partial charge in [0.05, 0.1) is 5.69 Å². The van der Waals surface area contributed by atoms with Crippen LogP contribution in [0, 0.1) is 0 Å². The fourth-order valence-electron chi connectivity index (χ4n) is 7.93. The molecule has 258 valence electrons. The van der Waals surface area contributed by atoms with Crippen molar-refractivity contribution in [2.24, 2.45) is 0 Å². The van der Waals surface area contributed by atoms with Gasteiger partial charge in [-0.3, -0.25) is 0 Å². The van der Waals surface area contributed by atoms with Crippen molar-refractivity contribution in [2.45, 2.75) is 0 Å². The molecule has 10 rings (SSSR count). The lowest BCUT2D eigenvalue weighted by atomic mass is 9.94. The zero-order chi connectivity index (χ0) is 36.6. The molecule has 0 aliphatic rings. The molecular formula is C54H37N. The van der Waals surface area contributed by atoms with Crippen molar-refractivity contribution in [3.05, 3.63) is 224 Å². The van der Waals surface area contributed by atoms with Crippen molar-refractivity contribution in [3.63, 3.8) is 0 Å². The topological polar surface area (TPSA) is 3.24 Å². The molecule has 0 atom stereocenters. The highest BCUT2D eigenvalue weighted by molar-refractivity contribution is 6.01. The Morgan fingerprint density at radius 3 is 1.24 bits per heavy atom. The van der Waals surface area contributed by atoms with Gasteiger partial charge in [-0.25, -0.2) is 0 Å². The Morgan fingerprint density at radius 2 is 0.636 bits per heavy atom. The fourth-order valence-corrected chi connectivity index (χ4v) is 7.93. The Balaban J connectivity index is 1.24. The van der Waals surface area contributed by atoms with Gasteiger partial charge in [0.2, 0.25) is 0 Å². The van der Waals surface area contributed by atoms with Crippen molar-refractivity contribution < 1.29 is 0 Å². The van der Waals surface area contributed by atoms with E-state index in [-0.39, 0.29) is 0 Å². The first kappa shape index (κ1) is 32.4. The first-order valence-electron chi connectivity index (χ1n) is 18.9. The van der Waals surface area contributed by atoms with E-state index in [2.05, 4.69) is 229 Å². The van der Waals surface area contributed by atoms with E-state index in [9.17, 15) is 0 Å². The van der Waals surface area contributed by atoms with Crippen LogP contribution in [0.2, 0.25) is 0 Å². The molecule has 0 aromatic heterocycles. The van der Waals surface area contributed by atoms with Crippen LogP contribution in [0.15, 0.2) is 224 Å². The third kappa shape index (κ3) is 6.33. The fraction of sp³-hybridized carbons (Fsp3) is 0. The van der Waals surface area contributed by atoms with Crippen LogP contribution in [0.1, 0.15) is 0 Å². The normalized spacial score (nSPS) is 11.3. The van der Waals surface area contributed by atoms with Crippen LogP contribution in [0.4, 0.5) is 17.1 Å². The van der Waals surface area contributed by atoms with Crippen LogP contribution in [-0.2, 0) is 0 Å². The van der Waals surface area contributed by atoms with E-state index in [4.69, 9.17) is 0 Å². The number of hydrogen-bond donors (Lipinski definition) is 0. The van der Waals surface area contributed by atoms with Gasteiger partial charge in [-0.15, -0.1) is 0 Å². The van der Waals surface area contributed by atoms with Crippen LogP contribution in [0.5, 0.6) is 0 Å².